The monoisotopic (exact) mass is 684 g/mol. The SMILES string of the molecule is O=C(Cc1ccc(Oc2ccc(OCC3(NS(=O)(=O)c4ccc(OC(F)(F)F)cc4)CCCC3)cc2)cc1)Nc1ccccc1C(=O)O. The van der Waals surface area contributed by atoms with Gasteiger partial charge in [0.2, 0.25) is 15.9 Å². The van der Waals surface area contributed by atoms with E-state index in [1.165, 1.54) is 12.1 Å². The van der Waals surface area contributed by atoms with Gasteiger partial charge in [0.15, 0.2) is 0 Å². The van der Waals surface area contributed by atoms with E-state index in [0.717, 1.165) is 37.1 Å². The smallest absolute Gasteiger partial charge is 0.492 e. The van der Waals surface area contributed by atoms with Gasteiger partial charge in [-0.15, -0.1) is 13.2 Å². The van der Waals surface area contributed by atoms with E-state index in [2.05, 4.69) is 14.8 Å². The number of sulfonamides is 1. The van der Waals surface area contributed by atoms with Gasteiger partial charge in [-0.1, -0.05) is 37.1 Å². The van der Waals surface area contributed by atoms with E-state index in [1.54, 1.807) is 60.7 Å². The van der Waals surface area contributed by atoms with Gasteiger partial charge in [-0.25, -0.2) is 17.9 Å². The summed E-state index contributed by atoms with van der Waals surface area (Å²) in [5.74, 6) is -0.525. The van der Waals surface area contributed by atoms with Crippen molar-refractivity contribution >= 4 is 27.6 Å². The minimum atomic E-state index is -4.89. The molecule has 0 radical (unpaired) electrons. The van der Waals surface area contributed by atoms with Crippen LogP contribution >= 0.6 is 0 Å². The fourth-order valence-corrected chi connectivity index (χ4v) is 6.73. The van der Waals surface area contributed by atoms with E-state index < -0.39 is 33.6 Å². The minimum Gasteiger partial charge on any atom is -0.492 e. The second-order valence-electron chi connectivity index (χ2n) is 11.2. The Kier molecular flexibility index (Phi) is 10.2. The number of benzene rings is 4. The summed E-state index contributed by atoms with van der Waals surface area (Å²) < 4.78 is 82.0. The Bertz CT molecular complexity index is 1840. The molecule has 0 saturated heterocycles. The van der Waals surface area contributed by atoms with E-state index in [1.807, 2.05) is 0 Å². The Morgan fingerprint density at radius 3 is 1.96 bits per heavy atom. The van der Waals surface area contributed by atoms with Crippen molar-refractivity contribution in [2.45, 2.75) is 48.9 Å². The third-order valence-corrected chi connectivity index (χ3v) is 9.17. The van der Waals surface area contributed by atoms with Crippen molar-refractivity contribution in [2.75, 3.05) is 11.9 Å². The lowest BCUT2D eigenvalue weighted by atomic mass is 10.0. The van der Waals surface area contributed by atoms with Crippen LogP contribution in [0.1, 0.15) is 41.6 Å². The summed E-state index contributed by atoms with van der Waals surface area (Å²) in [4.78, 5) is 23.7. The van der Waals surface area contributed by atoms with Crippen LogP contribution in [0, 0.1) is 0 Å². The molecule has 4 aromatic carbocycles. The Balaban J connectivity index is 1.14. The maximum atomic E-state index is 13.1. The van der Waals surface area contributed by atoms with Crippen LogP contribution < -0.4 is 24.2 Å². The molecule has 0 unspecified atom stereocenters. The summed E-state index contributed by atoms with van der Waals surface area (Å²) in [6, 6.07) is 23.7. The van der Waals surface area contributed by atoms with Crippen LogP contribution in [0.2, 0.25) is 0 Å². The molecule has 0 spiro atoms. The predicted molar refractivity (Wildman–Crippen MR) is 169 cm³/mol. The summed E-state index contributed by atoms with van der Waals surface area (Å²) in [6.45, 7) is 0.0403. The zero-order valence-electron chi connectivity index (χ0n) is 25.3. The highest BCUT2D eigenvalue weighted by atomic mass is 32.2. The van der Waals surface area contributed by atoms with Gasteiger partial charge in [0.25, 0.3) is 0 Å². The standard InChI is InChI=1S/C34H31F3N2O8S/c35-34(36,37)47-27-15-17-28(18-16-27)48(43,44)39-33(19-3-4-20-33)22-45-24-11-13-26(14-12-24)46-25-9-7-23(8-10-25)21-31(40)38-30-6-2-1-5-29(30)32(41)42/h1-2,5-18,39H,3-4,19-22H2,(H,38,40)(H,41,42). The Labute approximate surface area is 274 Å². The maximum absolute atomic E-state index is 13.1. The fourth-order valence-electron chi connectivity index (χ4n) is 5.29. The molecule has 5 rings (SSSR count). The average Bonchev–Trinajstić information content (AvgIpc) is 3.49. The molecule has 3 N–H and O–H groups in total. The molecule has 1 saturated carbocycles. The van der Waals surface area contributed by atoms with Crippen molar-refractivity contribution in [3.63, 3.8) is 0 Å². The molecule has 1 amide bonds. The molecular formula is C34H31F3N2O8S. The van der Waals surface area contributed by atoms with Gasteiger partial charge in [0.1, 0.15) is 29.6 Å². The van der Waals surface area contributed by atoms with Crippen molar-refractivity contribution in [3.8, 4) is 23.0 Å². The number of carbonyl (C=O) groups is 2. The van der Waals surface area contributed by atoms with Gasteiger partial charge >= 0.3 is 12.3 Å². The molecule has 0 aromatic heterocycles. The molecule has 0 aliphatic heterocycles. The number of rotatable bonds is 13. The molecule has 14 heteroatoms. The topological polar surface area (TPSA) is 140 Å². The molecular weight excluding hydrogens is 653 g/mol. The highest BCUT2D eigenvalue weighted by Crippen LogP contribution is 2.33. The highest BCUT2D eigenvalue weighted by molar-refractivity contribution is 7.89. The van der Waals surface area contributed by atoms with Gasteiger partial charge in [0, 0.05) is 0 Å². The molecule has 1 aliphatic carbocycles. The molecule has 0 atom stereocenters. The van der Waals surface area contributed by atoms with Crippen molar-refractivity contribution in [1.82, 2.24) is 4.72 Å². The fraction of sp³-hybridized carbons (Fsp3) is 0.235. The number of aromatic carboxylic acids is 1. The number of hydrogen-bond acceptors (Lipinski definition) is 7. The van der Waals surface area contributed by atoms with Crippen LogP contribution in [-0.4, -0.2) is 43.9 Å². The average molecular weight is 685 g/mol. The molecule has 4 aromatic rings. The number of para-hydroxylation sites is 1. The number of ether oxygens (including phenoxy) is 3. The summed E-state index contributed by atoms with van der Waals surface area (Å²) in [5.41, 5.74) is 0.0156. The zero-order valence-corrected chi connectivity index (χ0v) is 26.1. The zero-order chi connectivity index (χ0) is 34.4. The van der Waals surface area contributed by atoms with E-state index in [4.69, 9.17) is 9.47 Å². The number of nitrogens with one attached hydrogen (secondary N) is 2. The first-order valence-electron chi connectivity index (χ1n) is 14.8. The lowest BCUT2D eigenvalue weighted by Gasteiger charge is -2.30. The number of halogens is 3. The third-order valence-electron chi connectivity index (χ3n) is 7.57. The second kappa shape index (κ2) is 14.4. The molecule has 1 aliphatic rings. The number of carboxylic acid groups (broad SMARTS) is 1. The first-order valence-corrected chi connectivity index (χ1v) is 16.3. The van der Waals surface area contributed by atoms with Crippen LogP contribution in [0.5, 0.6) is 23.0 Å². The second-order valence-corrected chi connectivity index (χ2v) is 12.9. The van der Waals surface area contributed by atoms with Gasteiger partial charge in [-0.3, -0.25) is 4.79 Å². The van der Waals surface area contributed by atoms with Crippen LogP contribution in [0.25, 0.3) is 0 Å². The number of alkyl halides is 3. The van der Waals surface area contributed by atoms with Crippen LogP contribution in [0.4, 0.5) is 18.9 Å². The van der Waals surface area contributed by atoms with Gasteiger partial charge in [-0.2, -0.15) is 0 Å². The van der Waals surface area contributed by atoms with Gasteiger partial charge < -0.3 is 24.6 Å². The molecule has 10 nitrogen and oxygen atoms in total. The molecule has 1 fully saturated rings. The first-order chi connectivity index (χ1) is 22.8. The van der Waals surface area contributed by atoms with E-state index in [0.29, 0.717) is 35.7 Å². The van der Waals surface area contributed by atoms with Gasteiger partial charge in [0.05, 0.1) is 28.1 Å². The first kappa shape index (κ1) is 34.3. The number of amides is 1. The molecule has 48 heavy (non-hydrogen) atoms. The Hall–Kier alpha value is -5.08. The molecule has 0 bridgehead atoms. The summed E-state index contributed by atoms with van der Waals surface area (Å²) >= 11 is 0. The lowest BCUT2D eigenvalue weighted by molar-refractivity contribution is -0.274. The maximum Gasteiger partial charge on any atom is 0.573 e. The largest absolute Gasteiger partial charge is 0.573 e. The normalized spacial score (nSPS) is 14.2. The Morgan fingerprint density at radius 2 is 1.35 bits per heavy atom. The van der Waals surface area contributed by atoms with Crippen molar-refractivity contribution < 1.29 is 50.5 Å². The van der Waals surface area contributed by atoms with Crippen LogP contribution in [-0.2, 0) is 21.2 Å². The lowest BCUT2D eigenvalue weighted by Crippen LogP contribution is -2.50. The Morgan fingerprint density at radius 1 is 0.792 bits per heavy atom. The molecule has 252 valence electrons. The summed E-state index contributed by atoms with van der Waals surface area (Å²) in [6.07, 6.45) is -2.26. The number of anilines is 1. The van der Waals surface area contributed by atoms with Crippen LogP contribution in [0.3, 0.4) is 0 Å². The predicted octanol–water partition coefficient (Wildman–Crippen LogP) is 6.93. The van der Waals surface area contributed by atoms with Crippen molar-refractivity contribution in [3.05, 3.63) is 108 Å². The number of carboxylic acids is 1. The van der Waals surface area contributed by atoms with E-state index in [-0.39, 0.29) is 35.1 Å². The third kappa shape index (κ3) is 9.26. The summed E-state index contributed by atoms with van der Waals surface area (Å²) in [5, 5.41) is 11.9. The van der Waals surface area contributed by atoms with Crippen molar-refractivity contribution in [2.24, 2.45) is 0 Å². The summed E-state index contributed by atoms with van der Waals surface area (Å²) in [7, 11) is -4.07. The van der Waals surface area contributed by atoms with E-state index >= 15 is 0 Å². The van der Waals surface area contributed by atoms with Crippen molar-refractivity contribution in [1.29, 1.82) is 0 Å². The van der Waals surface area contributed by atoms with E-state index in [9.17, 15) is 36.3 Å². The minimum absolute atomic E-state index is 0.000613. The molecule has 0 heterocycles. The number of hydrogen-bond donors (Lipinski definition) is 3. The van der Waals surface area contributed by atoms with Crippen LogP contribution in [0.15, 0.2) is 102 Å². The number of carbonyl (C=O) groups excluding carboxylic acids is 1. The highest BCUT2D eigenvalue weighted by Gasteiger charge is 2.39. The van der Waals surface area contributed by atoms with Gasteiger partial charge in [-0.05, 0) is 91.2 Å². The quantitative estimate of drug-likeness (QED) is 0.138.